The van der Waals surface area contributed by atoms with Gasteiger partial charge in [-0.2, -0.15) is 0 Å². The average Bonchev–Trinajstić information content (AvgIpc) is 2.15. The number of rotatable bonds is 5. The molecule has 0 aliphatic rings. The summed E-state index contributed by atoms with van der Waals surface area (Å²) in [5.41, 5.74) is 0.975. The Bertz CT molecular complexity index is 293. The van der Waals surface area contributed by atoms with Crippen molar-refractivity contribution in [1.82, 2.24) is 0 Å². The van der Waals surface area contributed by atoms with E-state index in [-0.39, 0.29) is 5.82 Å². The number of hydrogen-bond acceptors (Lipinski definition) is 2. The van der Waals surface area contributed by atoms with Gasteiger partial charge in [0.2, 0.25) is 0 Å². The Morgan fingerprint density at radius 3 is 2.93 bits per heavy atom. The second kappa shape index (κ2) is 6.19. The second-order valence-corrected chi connectivity index (χ2v) is 4.06. The maximum Gasteiger partial charge on any atom is 0.124 e. The highest BCUT2D eigenvalue weighted by Gasteiger charge is 1.99. The van der Waals surface area contributed by atoms with Gasteiger partial charge in [-0.05, 0) is 47.2 Å². The van der Waals surface area contributed by atoms with E-state index in [9.17, 15) is 4.39 Å². The topological polar surface area (TPSA) is 21.3 Å². The Labute approximate surface area is 97.0 Å². The minimum absolute atomic E-state index is 0.197. The van der Waals surface area contributed by atoms with Crippen LogP contribution in [0.15, 0.2) is 18.2 Å². The summed E-state index contributed by atoms with van der Waals surface area (Å²) in [6.45, 7) is 1.58. The Kier molecular flexibility index (Phi) is 5.17. The van der Waals surface area contributed by atoms with Crippen molar-refractivity contribution in [2.75, 3.05) is 25.6 Å². The molecular weight excluding hydrogens is 296 g/mol. The van der Waals surface area contributed by atoms with E-state index in [0.717, 1.165) is 28.8 Å². The van der Waals surface area contributed by atoms with E-state index >= 15 is 0 Å². The van der Waals surface area contributed by atoms with Crippen molar-refractivity contribution in [2.45, 2.75) is 6.42 Å². The first-order valence-electron chi connectivity index (χ1n) is 4.42. The Morgan fingerprint density at radius 1 is 1.50 bits per heavy atom. The molecule has 0 radical (unpaired) electrons. The van der Waals surface area contributed by atoms with Crippen LogP contribution in [0.4, 0.5) is 10.1 Å². The number of ether oxygens (including phenoxy) is 1. The standard InChI is InChI=1S/C10H13FINO/c1-14-6-2-5-13-10-4-3-8(11)7-9(10)12/h3-4,7,13H,2,5-6H2,1H3. The molecule has 78 valence electrons. The van der Waals surface area contributed by atoms with Gasteiger partial charge in [0.15, 0.2) is 0 Å². The van der Waals surface area contributed by atoms with Gasteiger partial charge < -0.3 is 10.1 Å². The monoisotopic (exact) mass is 309 g/mol. The van der Waals surface area contributed by atoms with Crippen molar-refractivity contribution >= 4 is 28.3 Å². The molecule has 0 aliphatic heterocycles. The fourth-order valence-corrected chi connectivity index (χ4v) is 1.74. The number of methoxy groups -OCH3 is 1. The Morgan fingerprint density at radius 2 is 2.29 bits per heavy atom. The van der Waals surface area contributed by atoms with Crippen molar-refractivity contribution < 1.29 is 9.13 Å². The Hall–Kier alpha value is -0.360. The van der Waals surface area contributed by atoms with Crippen molar-refractivity contribution in [2.24, 2.45) is 0 Å². The maximum absolute atomic E-state index is 12.7. The molecule has 0 fully saturated rings. The first kappa shape index (κ1) is 11.7. The van der Waals surface area contributed by atoms with Crippen LogP contribution in [0.25, 0.3) is 0 Å². The third kappa shape index (κ3) is 3.79. The molecule has 0 unspecified atom stereocenters. The molecule has 0 bridgehead atoms. The predicted octanol–water partition coefficient (Wildman–Crippen LogP) is 2.88. The molecule has 1 aromatic rings. The van der Waals surface area contributed by atoms with Crippen LogP contribution in [0.1, 0.15) is 6.42 Å². The molecule has 4 heteroatoms. The molecule has 0 aromatic heterocycles. The van der Waals surface area contributed by atoms with Crippen LogP contribution in [0.5, 0.6) is 0 Å². The highest BCUT2D eigenvalue weighted by molar-refractivity contribution is 14.1. The minimum Gasteiger partial charge on any atom is -0.385 e. The summed E-state index contributed by atoms with van der Waals surface area (Å²) in [6.07, 6.45) is 0.948. The van der Waals surface area contributed by atoms with Crippen LogP contribution in [-0.4, -0.2) is 20.3 Å². The molecule has 0 heterocycles. The smallest absolute Gasteiger partial charge is 0.124 e. The van der Waals surface area contributed by atoms with Crippen LogP contribution in [-0.2, 0) is 4.74 Å². The highest BCUT2D eigenvalue weighted by atomic mass is 127. The van der Waals surface area contributed by atoms with Crippen molar-refractivity contribution in [1.29, 1.82) is 0 Å². The first-order valence-corrected chi connectivity index (χ1v) is 5.50. The van der Waals surface area contributed by atoms with Crippen molar-refractivity contribution in [3.05, 3.63) is 27.6 Å². The van der Waals surface area contributed by atoms with Crippen LogP contribution < -0.4 is 5.32 Å². The third-order valence-electron chi connectivity index (χ3n) is 1.77. The summed E-state index contributed by atoms with van der Waals surface area (Å²) in [5.74, 6) is -0.197. The van der Waals surface area contributed by atoms with E-state index in [1.807, 2.05) is 0 Å². The zero-order valence-electron chi connectivity index (χ0n) is 8.02. The highest BCUT2D eigenvalue weighted by Crippen LogP contribution is 2.18. The van der Waals surface area contributed by atoms with E-state index in [0.29, 0.717) is 0 Å². The molecule has 2 nitrogen and oxygen atoms in total. The lowest BCUT2D eigenvalue weighted by molar-refractivity contribution is 0.198. The molecule has 1 aromatic carbocycles. The van der Waals surface area contributed by atoms with E-state index in [1.165, 1.54) is 12.1 Å². The number of benzene rings is 1. The van der Waals surface area contributed by atoms with Gasteiger partial charge in [0, 0.05) is 29.5 Å². The molecule has 14 heavy (non-hydrogen) atoms. The van der Waals surface area contributed by atoms with E-state index < -0.39 is 0 Å². The molecule has 0 saturated carbocycles. The van der Waals surface area contributed by atoms with E-state index in [1.54, 1.807) is 13.2 Å². The van der Waals surface area contributed by atoms with Crippen LogP contribution in [0.2, 0.25) is 0 Å². The fraction of sp³-hybridized carbons (Fsp3) is 0.400. The Balaban J connectivity index is 2.42. The molecule has 1 N–H and O–H groups in total. The zero-order valence-corrected chi connectivity index (χ0v) is 10.2. The van der Waals surface area contributed by atoms with Gasteiger partial charge in [0.25, 0.3) is 0 Å². The van der Waals surface area contributed by atoms with Crippen LogP contribution in [0, 0.1) is 9.39 Å². The summed E-state index contributed by atoms with van der Waals surface area (Å²) < 4.78 is 18.6. The number of hydrogen-bond donors (Lipinski definition) is 1. The van der Waals surface area contributed by atoms with Crippen LogP contribution >= 0.6 is 22.6 Å². The fourth-order valence-electron chi connectivity index (χ4n) is 1.07. The molecule has 1 rings (SSSR count). The van der Waals surface area contributed by atoms with Crippen molar-refractivity contribution in [3.63, 3.8) is 0 Å². The summed E-state index contributed by atoms with van der Waals surface area (Å²) in [6, 6.07) is 4.73. The number of halogens is 2. The summed E-state index contributed by atoms with van der Waals surface area (Å²) in [5, 5.41) is 3.22. The predicted molar refractivity (Wildman–Crippen MR) is 64.1 cm³/mol. The van der Waals surface area contributed by atoms with Gasteiger partial charge in [-0.1, -0.05) is 0 Å². The lowest BCUT2D eigenvalue weighted by Gasteiger charge is -2.07. The molecule has 0 aliphatic carbocycles. The van der Waals surface area contributed by atoms with Crippen molar-refractivity contribution in [3.8, 4) is 0 Å². The van der Waals surface area contributed by atoms with Crippen LogP contribution in [0.3, 0.4) is 0 Å². The molecular formula is C10H13FINO. The lowest BCUT2D eigenvalue weighted by atomic mass is 10.3. The largest absolute Gasteiger partial charge is 0.385 e. The number of nitrogens with one attached hydrogen (secondary N) is 1. The molecule has 0 spiro atoms. The summed E-state index contributed by atoms with van der Waals surface area (Å²) >= 11 is 2.11. The van der Waals surface area contributed by atoms with E-state index in [2.05, 4.69) is 27.9 Å². The van der Waals surface area contributed by atoms with Gasteiger partial charge in [-0.15, -0.1) is 0 Å². The SMILES string of the molecule is COCCCNc1ccc(F)cc1I. The molecule has 0 amide bonds. The van der Waals surface area contributed by atoms with Gasteiger partial charge in [0.05, 0.1) is 0 Å². The summed E-state index contributed by atoms with van der Waals surface area (Å²) in [4.78, 5) is 0. The lowest BCUT2D eigenvalue weighted by Crippen LogP contribution is -2.05. The second-order valence-electron chi connectivity index (χ2n) is 2.90. The van der Waals surface area contributed by atoms with Gasteiger partial charge >= 0.3 is 0 Å². The van der Waals surface area contributed by atoms with Gasteiger partial charge in [-0.25, -0.2) is 4.39 Å². The minimum atomic E-state index is -0.197. The normalized spacial score (nSPS) is 10.2. The first-order chi connectivity index (χ1) is 6.74. The van der Waals surface area contributed by atoms with Gasteiger partial charge in [-0.3, -0.25) is 0 Å². The zero-order chi connectivity index (χ0) is 10.4. The third-order valence-corrected chi connectivity index (χ3v) is 2.66. The molecule has 0 atom stereocenters. The van der Waals surface area contributed by atoms with E-state index in [4.69, 9.17) is 4.74 Å². The quantitative estimate of drug-likeness (QED) is 0.667. The average molecular weight is 309 g/mol. The summed E-state index contributed by atoms with van der Waals surface area (Å²) in [7, 11) is 1.68. The van der Waals surface area contributed by atoms with Gasteiger partial charge in [0.1, 0.15) is 5.82 Å². The molecule has 0 saturated heterocycles. The number of anilines is 1. The maximum atomic E-state index is 12.7.